The van der Waals surface area contributed by atoms with Gasteiger partial charge in [0.1, 0.15) is 0 Å². The minimum atomic E-state index is -3.37. The first kappa shape index (κ1) is 15.9. The summed E-state index contributed by atoms with van der Waals surface area (Å²) in [7, 11) is -3.37. The summed E-state index contributed by atoms with van der Waals surface area (Å²) in [5, 5.41) is 9.05. The van der Waals surface area contributed by atoms with Gasteiger partial charge in [0.15, 0.2) is 0 Å². The van der Waals surface area contributed by atoms with E-state index in [-0.39, 0.29) is 18.6 Å². The van der Waals surface area contributed by atoms with Gasteiger partial charge in [-0.15, -0.1) is 0 Å². The molecule has 2 atom stereocenters. The molecule has 2 unspecified atom stereocenters. The molecule has 0 aromatic heterocycles. The summed E-state index contributed by atoms with van der Waals surface area (Å²) in [4.78, 5) is 0. The highest BCUT2D eigenvalue weighted by Crippen LogP contribution is 2.19. The molecule has 5 nitrogen and oxygen atoms in total. The molecule has 1 heterocycles. The average Bonchev–Trinajstić information content (AvgIpc) is 2.37. The molecule has 18 heavy (non-hydrogen) atoms. The van der Waals surface area contributed by atoms with E-state index in [1.165, 1.54) is 4.31 Å². The number of nitrogens with zero attached hydrogens (tertiary/aromatic N) is 1. The van der Waals surface area contributed by atoms with E-state index in [9.17, 15) is 8.42 Å². The van der Waals surface area contributed by atoms with Crippen LogP contribution < -0.4 is 4.72 Å². The predicted octanol–water partition coefficient (Wildman–Crippen LogP) is 0.960. The van der Waals surface area contributed by atoms with E-state index in [2.05, 4.69) is 11.6 Å². The molecule has 0 aromatic rings. The van der Waals surface area contributed by atoms with Gasteiger partial charge in [0.05, 0.1) is 0 Å². The maximum absolute atomic E-state index is 12.2. The zero-order valence-corrected chi connectivity index (χ0v) is 12.4. The van der Waals surface area contributed by atoms with Crippen LogP contribution in [0.3, 0.4) is 0 Å². The van der Waals surface area contributed by atoms with Crippen molar-refractivity contribution >= 4 is 10.2 Å². The molecule has 0 aromatic carbocycles. The Morgan fingerprint density at radius 1 is 1.33 bits per heavy atom. The molecule has 2 N–H and O–H groups in total. The number of rotatable bonds is 6. The maximum atomic E-state index is 12.2. The minimum Gasteiger partial charge on any atom is -0.396 e. The Hall–Kier alpha value is -0.170. The molecule has 1 saturated heterocycles. The number of hydrogen-bond acceptors (Lipinski definition) is 3. The fourth-order valence-electron chi connectivity index (χ4n) is 2.11. The lowest BCUT2D eigenvalue weighted by Gasteiger charge is -2.32. The number of nitrogens with one attached hydrogen (secondary N) is 1. The maximum Gasteiger partial charge on any atom is 0.279 e. The largest absolute Gasteiger partial charge is 0.396 e. The van der Waals surface area contributed by atoms with E-state index >= 15 is 0 Å². The molecule has 1 aliphatic rings. The minimum absolute atomic E-state index is 0.0458. The van der Waals surface area contributed by atoms with Gasteiger partial charge in [0.25, 0.3) is 10.2 Å². The van der Waals surface area contributed by atoms with Crippen molar-refractivity contribution < 1.29 is 13.5 Å². The van der Waals surface area contributed by atoms with Gasteiger partial charge in [0.2, 0.25) is 0 Å². The zero-order valence-electron chi connectivity index (χ0n) is 11.6. The van der Waals surface area contributed by atoms with Gasteiger partial charge in [-0.05, 0) is 31.6 Å². The molecule has 0 saturated carbocycles. The van der Waals surface area contributed by atoms with E-state index in [1.54, 1.807) is 0 Å². The van der Waals surface area contributed by atoms with E-state index < -0.39 is 10.2 Å². The average molecular weight is 278 g/mol. The van der Waals surface area contributed by atoms with Crippen LogP contribution in [0, 0.1) is 11.8 Å². The molecule has 108 valence electrons. The predicted molar refractivity (Wildman–Crippen MR) is 72.4 cm³/mol. The van der Waals surface area contributed by atoms with Crippen molar-refractivity contribution in [2.24, 2.45) is 11.8 Å². The zero-order chi connectivity index (χ0) is 13.8. The van der Waals surface area contributed by atoms with E-state index in [0.717, 1.165) is 19.3 Å². The summed E-state index contributed by atoms with van der Waals surface area (Å²) >= 11 is 0. The first-order valence-corrected chi connectivity index (χ1v) is 8.23. The van der Waals surface area contributed by atoms with Gasteiger partial charge in [-0.25, -0.2) is 0 Å². The fourth-order valence-corrected chi connectivity index (χ4v) is 3.65. The molecular weight excluding hydrogens is 252 g/mol. The summed E-state index contributed by atoms with van der Waals surface area (Å²) in [5.41, 5.74) is 0. The van der Waals surface area contributed by atoms with Gasteiger partial charge in [-0.1, -0.05) is 20.3 Å². The van der Waals surface area contributed by atoms with Crippen LogP contribution in [0.2, 0.25) is 0 Å². The Kier molecular flexibility index (Phi) is 6.04. The van der Waals surface area contributed by atoms with Crippen molar-refractivity contribution in [3.8, 4) is 0 Å². The summed E-state index contributed by atoms with van der Waals surface area (Å²) in [6.45, 7) is 7.19. The standard InChI is InChI=1S/C12H26N2O3S/c1-4-10(2)11(3)13-18(16,17)14-7-5-12(9-15)6-8-14/h10-13,15H,4-9H2,1-3H3. The molecule has 0 aliphatic carbocycles. The Labute approximate surface area is 111 Å². The Bertz CT molecular complexity index is 337. The van der Waals surface area contributed by atoms with Gasteiger partial charge < -0.3 is 5.11 Å². The molecule has 0 radical (unpaired) electrons. The van der Waals surface area contributed by atoms with Crippen molar-refractivity contribution in [1.29, 1.82) is 0 Å². The lowest BCUT2D eigenvalue weighted by molar-refractivity contribution is 0.169. The molecule has 0 amide bonds. The number of piperidine rings is 1. The third-order valence-corrected chi connectivity index (χ3v) is 5.72. The first-order chi connectivity index (χ1) is 8.40. The van der Waals surface area contributed by atoms with Crippen molar-refractivity contribution in [1.82, 2.24) is 9.03 Å². The summed E-state index contributed by atoms with van der Waals surface area (Å²) in [6.07, 6.45) is 2.44. The van der Waals surface area contributed by atoms with Crippen LogP contribution in [0.1, 0.15) is 40.0 Å². The fraction of sp³-hybridized carbons (Fsp3) is 1.00. The van der Waals surface area contributed by atoms with Gasteiger partial charge >= 0.3 is 0 Å². The lowest BCUT2D eigenvalue weighted by Crippen LogP contribution is -2.49. The van der Waals surface area contributed by atoms with Crippen molar-refractivity contribution in [3.63, 3.8) is 0 Å². The summed E-state index contributed by atoms with van der Waals surface area (Å²) < 4.78 is 28.6. The molecule has 0 spiro atoms. The third-order valence-electron chi connectivity index (χ3n) is 4.00. The topological polar surface area (TPSA) is 69.6 Å². The second-order valence-corrected chi connectivity index (χ2v) is 7.02. The second kappa shape index (κ2) is 6.84. The molecule has 1 rings (SSSR count). The van der Waals surface area contributed by atoms with Crippen LogP contribution in [0.15, 0.2) is 0 Å². The van der Waals surface area contributed by atoms with Gasteiger partial charge in [-0.2, -0.15) is 17.4 Å². The monoisotopic (exact) mass is 278 g/mol. The van der Waals surface area contributed by atoms with Crippen molar-refractivity contribution in [2.75, 3.05) is 19.7 Å². The smallest absolute Gasteiger partial charge is 0.279 e. The van der Waals surface area contributed by atoms with Crippen LogP contribution in [0.5, 0.6) is 0 Å². The number of aliphatic hydroxyl groups is 1. The first-order valence-electron chi connectivity index (χ1n) is 6.79. The highest BCUT2D eigenvalue weighted by atomic mass is 32.2. The Balaban J connectivity index is 2.54. The van der Waals surface area contributed by atoms with Gasteiger partial charge in [0, 0.05) is 25.7 Å². The van der Waals surface area contributed by atoms with Crippen molar-refractivity contribution in [2.45, 2.75) is 46.1 Å². The van der Waals surface area contributed by atoms with E-state index in [0.29, 0.717) is 19.0 Å². The highest BCUT2D eigenvalue weighted by Gasteiger charge is 2.29. The quantitative estimate of drug-likeness (QED) is 0.760. The highest BCUT2D eigenvalue weighted by molar-refractivity contribution is 7.87. The van der Waals surface area contributed by atoms with Gasteiger partial charge in [-0.3, -0.25) is 0 Å². The molecule has 0 bridgehead atoms. The normalized spacial score (nSPS) is 22.9. The van der Waals surface area contributed by atoms with Crippen LogP contribution >= 0.6 is 0 Å². The molecule has 1 fully saturated rings. The SMILES string of the molecule is CCC(C)C(C)NS(=O)(=O)N1CCC(CO)CC1. The molecule has 6 heteroatoms. The van der Waals surface area contributed by atoms with E-state index in [1.807, 2.05) is 13.8 Å². The number of hydrogen-bond donors (Lipinski definition) is 2. The summed E-state index contributed by atoms with van der Waals surface area (Å²) in [5.74, 6) is 0.582. The van der Waals surface area contributed by atoms with Crippen molar-refractivity contribution in [3.05, 3.63) is 0 Å². The summed E-state index contributed by atoms with van der Waals surface area (Å²) in [6, 6.07) is -0.0458. The van der Waals surface area contributed by atoms with Crippen LogP contribution in [0.25, 0.3) is 0 Å². The number of aliphatic hydroxyl groups excluding tert-OH is 1. The second-order valence-electron chi connectivity index (χ2n) is 5.32. The van der Waals surface area contributed by atoms with E-state index in [4.69, 9.17) is 5.11 Å². The van der Waals surface area contributed by atoms with Crippen LogP contribution in [-0.2, 0) is 10.2 Å². The Morgan fingerprint density at radius 3 is 2.33 bits per heavy atom. The Morgan fingerprint density at radius 2 is 1.89 bits per heavy atom. The van der Waals surface area contributed by atoms with Crippen LogP contribution in [-0.4, -0.2) is 43.6 Å². The third kappa shape index (κ3) is 4.19. The van der Waals surface area contributed by atoms with Crippen LogP contribution in [0.4, 0.5) is 0 Å². The lowest BCUT2D eigenvalue weighted by atomic mass is 10.00. The molecule has 1 aliphatic heterocycles. The molecular formula is C12H26N2O3S.